The molecule has 0 unspecified atom stereocenters. The van der Waals surface area contributed by atoms with Gasteiger partial charge in [0.15, 0.2) is 0 Å². The Morgan fingerprint density at radius 2 is 1.62 bits per heavy atom. The molecule has 0 spiro atoms. The number of thiazole rings is 1. The minimum Gasteiger partial charge on any atom is -0.456 e. The highest BCUT2D eigenvalue weighted by Crippen LogP contribution is 2.27. The molecule has 0 amide bonds. The number of pyridine rings is 1. The van der Waals surface area contributed by atoms with Gasteiger partial charge < -0.3 is 4.74 Å². The van der Waals surface area contributed by atoms with Gasteiger partial charge in [-0.25, -0.2) is 14.8 Å². The number of nitrogens with zero attached hydrogens (tertiary/aromatic N) is 2. The van der Waals surface area contributed by atoms with E-state index < -0.39 is 5.97 Å². The van der Waals surface area contributed by atoms with Crippen LogP contribution in [0.15, 0.2) is 90.3 Å². The zero-order valence-electron chi connectivity index (χ0n) is 16.9. The molecule has 0 fully saturated rings. The van der Waals surface area contributed by atoms with E-state index in [1.807, 2.05) is 72.1 Å². The number of benzene rings is 3. The summed E-state index contributed by atoms with van der Waals surface area (Å²) in [4.78, 5) is 22.4. The summed E-state index contributed by atoms with van der Waals surface area (Å²) in [7, 11) is 0. The molecule has 5 rings (SSSR count). The summed E-state index contributed by atoms with van der Waals surface area (Å²) in [6.07, 6.45) is 0. The summed E-state index contributed by atoms with van der Waals surface area (Å²) in [6, 6.07) is 26.6. The molecule has 0 saturated heterocycles. The highest BCUT2D eigenvalue weighted by Gasteiger charge is 2.16. The van der Waals surface area contributed by atoms with Gasteiger partial charge in [0.05, 0.1) is 22.5 Å². The third kappa shape index (κ3) is 4.26. The number of para-hydroxylation sites is 1. The van der Waals surface area contributed by atoms with Crippen molar-refractivity contribution in [2.45, 2.75) is 6.61 Å². The fourth-order valence-corrected chi connectivity index (χ4v) is 4.35. The van der Waals surface area contributed by atoms with Gasteiger partial charge in [0, 0.05) is 26.9 Å². The Hall–Kier alpha value is -3.54. The molecule has 32 heavy (non-hydrogen) atoms. The van der Waals surface area contributed by atoms with Crippen molar-refractivity contribution >= 4 is 39.8 Å². The molecule has 2 aromatic heterocycles. The van der Waals surface area contributed by atoms with E-state index in [2.05, 4.69) is 4.98 Å². The average molecular weight is 457 g/mol. The van der Waals surface area contributed by atoms with Crippen LogP contribution in [-0.4, -0.2) is 15.9 Å². The first kappa shape index (κ1) is 20.4. The Bertz CT molecular complexity index is 1400. The van der Waals surface area contributed by atoms with Crippen molar-refractivity contribution in [2.75, 3.05) is 0 Å². The van der Waals surface area contributed by atoms with E-state index in [4.69, 9.17) is 21.3 Å². The Morgan fingerprint density at radius 3 is 2.44 bits per heavy atom. The minimum atomic E-state index is -0.409. The summed E-state index contributed by atoms with van der Waals surface area (Å²) in [5.41, 5.74) is 4.53. The van der Waals surface area contributed by atoms with Crippen molar-refractivity contribution in [2.24, 2.45) is 0 Å². The van der Waals surface area contributed by atoms with Crippen molar-refractivity contribution < 1.29 is 9.53 Å². The molecule has 3 aromatic carbocycles. The first-order chi connectivity index (χ1) is 15.7. The van der Waals surface area contributed by atoms with Gasteiger partial charge >= 0.3 is 5.97 Å². The maximum atomic E-state index is 13.1. The van der Waals surface area contributed by atoms with E-state index in [1.54, 1.807) is 18.2 Å². The van der Waals surface area contributed by atoms with E-state index in [9.17, 15) is 4.79 Å². The zero-order chi connectivity index (χ0) is 21.9. The van der Waals surface area contributed by atoms with E-state index in [0.717, 1.165) is 32.7 Å². The molecule has 0 atom stereocenters. The number of halogens is 1. The molecule has 156 valence electrons. The standard InChI is InChI=1S/C26H17ClN2O2S/c27-19-12-10-17(11-13-19)24-14-22(21-8-4-5-9-23(21)29-24)26(30)31-15-20-16-32-25(28-20)18-6-2-1-3-7-18/h1-14,16H,15H2. The van der Waals surface area contributed by atoms with Crippen LogP contribution in [0.25, 0.3) is 32.7 Å². The molecule has 0 bridgehead atoms. The molecular weight excluding hydrogens is 440 g/mol. The quantitative estimate of drug-likeness (QED) is 0.266. The number of aromatic nitrogens is 2. The van der Waals surface area contributed by atoms with Gasteiger partial charge in [0.2, 0.25) is 0 Å². The number of esters is 1. The lowest BCUT2D eigenvalue weighted by Gasteiger charge is -2.10. The predicted molar refractivity (Wildman–Crippen MR) is 129 cm³/mol. The molecule has 0 radical (unpaired) electrons. The highest BCUT2D eigenvalue weighted by molar-refractivity contribution is 7.13. The lowest BCUT2D eigenvalue weighted by molar-refractivity contribution is 0.0471. The Labute approximate surface area is 194 Å². The third-order valence-corrected chi connectivity index (χ3v) is 6.19. The van der Waals surface area contributed by atoms with Crippen molar-refractivity contribution in [1.29, 1.82) is 0 Å². The fraction of sp³-hybridized carbons (Fsp3) is 0.0385. The second-order valence-electron chi connectivity index (χ2n) is 7.17. The maximum absolute atomic E-state index is 13.1. The first-order valence-electron chi connectivity index (χ1n) is 10.00. The normalized spacial score (nSPS) is 10.9. The van der Waals surface area contributed by atoms with Crippen molar-refractivity contribution in [3.05, 3.63) is 107 Å². The molecule has 0 N–H and O–H groups in total. The molecule has 6 heteroatoms. The second-order valence-corrected chi connectivity index (χ2v) is 8.46. The summed E-state index contributed by atoms with van der Waals surface area (Å²) < 4.78 is 5.64. The van der Waals surface area contributed by atoms with Crippen LogP contribution in [0.1, 0.15) is 16.1 Å². The summed E-state index contributed by atoms with van der Waals surface area (Å²) in [6.45, 7) is 0.106. The molecular formula is C26H17ClN2O2S. The number of hydrogen-bond donors (Lipinski definition) is 0. The van der Waals surface area contributed by atoms with Crippen LogP contribution < -0.4 is 0 Å². The van der Waals surface area contributed by atoms with Crippen LogP contribution in [0.3, 0.4) is 0 Å². The van der Waals surface area contributed by atoms with Crippen LogP contribution in [0.5, 0.6) is 0 Å². The van der Waals surface area contributed by atoms with Gasteiger partial charge in [-0.2, -0.15) is 0 Å². The molecule has 0 aliphatic rings. The maximum Gasteiger partial charge on any atom is 0.339 e. The number of rotatable bonds is 5. The van der Waals surface area contributed by atoms with Gasteiger partial charge in [-0.3, -0.25) is 0 Å². The molecule has 2 heterocycles. The topological polar surface area (TPSA) is 52.1 Å². The second kappa shape index (κ2) is 8.91. The number of fused-ring (bicyclic) bond motifs is 1. The zero-order valence-corrected chi connectivity index (χ0v) is 18.4. The minimum absolute atomic E-state index is 0.106. The number of ether oxygens (including phenoxy) is 1. The van der Waals surface area contributed by atoms with Gasteiger partial charge in [-0.1, -0.05) is 72.3 Å². The van der Waals surface area contributed by atoms with E-state index in [1.165, 1.54) is 11.3 Å². The van der Waals surface area contributed by atoms with E-state index in [-0.39, 0.29) is 6.61 Å². The molecule has 0 aliphatic heterocycles. The monoisotopic (exact) mass is 456 g/mol. The van der Waals surface area contributed by atoms with Crippen LogP contribution in [0.2, 0.25) is 5.02 Å². The predicted octanol–water partition coefficient (Wildman–Crippen LogP) is 7.04. The number of carbonyl (C=O) groups is 1. The van der Waals surface area contributed by atoms with Crippen molar-refractivity contribution in [1.82, 2.24) is 9.97 Å². The third-order valence-electron chi connectivity index (χ3n) is 5.00. The molecule has 0 saturated carbocycles. The molecule has 4 nitrogen and oxygen atoms in total. The van der Waals surface area contributed by atoms with Gasteiger partial charge in [-0.05, 0) is 24.3 Å². The Balaban J connectivity index is 1.42. The van der Waals surface area contributed by atoms with Gasteiger partial charge in [0.25, 0.3) is 0 Å². The average Bonchev–Trinajstić information content (AvgIpc) is 3.32. The summed E-state index contributed by atoms with van der Waals surface area (Å²) >= 11 is 7.55. The summed E-state index contributed by atoms with van der Waals surface area (Å²) in [5.74, 6) is -0.409. The van der Waals surface area contributed by atoms with Crippen molar-refractivity contribution in [3.8, 4) is 21.8 Å². The smallest absolute Gasteiger partial charge is 0.339 e. The number of carbonyl (C=O) groups excluding carboxylic acids is 1. The number of hydrogen-bond acceptors (Lipinski definition) is 5. The van der Waals surface area contributed by atoms with Crippen LogP contribution in [-0.2, 0) is 11.3 Å². The van der Waals surface area contributed by atoms with Crippen LogP contribution >= 0.6 is 22.9 Å². The largest absolute Gasteiger partial charge is 0.456 e. The summed E-state index contributed by atoms with van der Waals surface area (Å²) in [5, 5.41) is 4.21. The van der Waals surface area contributed by atoms with Crippen LogP contribution in [0, 0.1) is 0 Å². The van der Waals surface area contributed by atoms with Crippen LogP contribution in [0.4, 0.5) is 0 Å². The highest BCUT2D eigenvalue weighted by atomic mass is 35.5. The first-order valence-corrected chi connectivity index (χ1v) is 11.3. The Morgan fingerprint density at radius 1 is 0.875 bits per heavy atom. The van der Waals surface area contributed by atoms with E-state index in [0.29, 0.717) is 16.3 Å². The lowest BCUT2D eigenvalue weighted by Crippen LogP contribution is -2.07. The van der Waals surface area contributed by atoms with Crippen molar-refractivity contribution in [3.63, 3.8) is 0 Å². The SMILES string of the molecule is O=C(OCc1csc(-c2ccccc2)n1)c1cc(-c2ccc(Cl)cc2)nc2ccccc12. The molecule has 0 aliphatic carbocycles. The fourth-order valence-electron chi connectivity index (χ4n) is 3.42. The van der Waals surface area contributed by atoms with E-state index >= 15 is 0 Å². The van der Waals surface area contributed by atoms with Gasteiger partial charge in [-0.15, -0.1) is 11.3 Å². The Kier molecular flexibility index (Phi) is 5.67. The lowest BCUT2D eigenvalue weighted by atomic mass is 10.0. The molecule has 5 aromatic rings. The van der Waals surface area contributed by atoms with Gasteiger partial charge in [0.1, 0.15) is 11.6 Å².